The molecule has 0 aliphatic heterocycles. The van der Waals surface area contributed by atoms with E-state index in [0.29, 0.717) is 13.0 Å². The van der Waals surface area contributed by atoms with Gasteiger partial charge in [-0.15, -0.1) is 22.7 Å². The Morgan fingerprint density at radius 3 is 3.05 bits per heavy atom. The van der Waals surface area contributed by atoms with E-state index < -0.39 is 0 Å². The average molecular weight is 318 g/mol. The van der Waals surface area contributed by atoms with Gasteiger partial charge >= 0.3 is 0 Å². The lowest BCUT2D eigenvalue weighted by atomic mass is 10.3. The maximum Gasteiger partial charge on any atom is 0.228 e. The van der Waals surface area contributed by atoms with Crippen LogP contribution >= 0.6 is 22.7 Å². The van der Waals surface area contributed by atoms with Gasteiger partial charge in [0.05, 0.1) is 23.5 Å². The highest BCUT2D eigenvalue weighted by Gasteiger charge is 2.14. The highest BCUT2D eigenvalue weighted by Crippen LogP contribution is 2.27. The molecule has 0 spiro atoms. The van der Waals surface area contributed by atoms with Crippen LogP contribution in [-0.2, 0) is 17.8 Å². The standard InChI is InChI=1S/C14H14N4OS2/c1-18(8-12-15-4-5-16-12)13(19)7-10-9-21-14(17-10)11-3-2-6-20-11/h2-6,9H,7-8H2,1H3,(H,15,16). The van der Waals surface area contributed by atoms with Crippen LogP contribution in [0.15, 0.2) is 35.3 Å². The number of carbonyl (C=O) groups is 1. The second kappa shape index (κ2) is 6.19. The minimum Gasteiger partial charge on any atom is -0.347 e. The highest BCUT2D eigenvalue weighted by atomic mass is 32.1. The van der Waals surface area contributed by atoms with Crippen LogP contribution in [0.1, 0.15) is 11.5 Å². The zero-order valence-corrected chi connectivity index (χ0v) is 13.1. The van der Waals surface area contributed by atoms with E-state index >= 15 is 0 Å². The molecule has 0 aliphatic carbocycles. The first-order chi connectivity index (χ1) is 10.2. The summed E-state index contributed by atoms with van der Waals surface area (Å²) < 4.78 is 0. The van der Waals surface area contributed by atoms with Gasteiger partial charge in [-0.2, -0.15) is 0 Å². The molecule has 0 saturated carbocycles. The summed E-state index contributed by atoms with van der Waals surface area (Å²) in [6.45, 7) is 0.480. The number of rotatable bonds is 5. The zero-order chi connectivity index (χ0) is 14.7. The van der Waals surface area contributed by atoms with Gasteiger partial charge in [-0.05, 0) is 11.4 Å². The van der Waals surface area contributed by atoms with Crippen molar-refractivity contribution in [3.05, 3.63) is 46.8 Å². The van der Waals surface area contributed by atoms with Crippen molar-refractivity contribution in [2.75, 3.05) is 7.05 Å². The molecule has 21 heavy (non-hydrogen) atoms. The SMILES string of the molecule is CN(Cc1ncc[nH]1)C(=O)Cc1csc(-c2cccs2)n1. The molecule has 0 aliphatic rings. The number of aromatic nitrogens is 3. The molecule has 0 unspecified atom stereocenters. The summed E-state index contributed by atoms with van der Waals surface area (Å²) in [6.07, 6.45) is 3.75. The van der Waals surface area contributed by atoms with Crippen LogP contribution in [0.4, 0.5) is 0 Å². The number of carbonyl (C=O) groups excluding carboxylic acids is 1. The summed E-state index contributed by atoms with van der Waals surface area (Å²) in [5, 5.41) is 4.95. The van der Waals surface area contributed by atoms with E-state index in [-0.39, 0.29) is 5.91 Å². The van der Waals surface area contributed by atoms with Crippen LogP contribution in [0.25, 0.3) is 9.88 Å². The molecule has 3 aromatic rings. The molecular weight excluding hydrogens is 304 g/mol. The summed E-state index contributed by atoms with van der Waals surface area (Å²) >= 11 is 3.23. The number of likely N-dealkylation sites (N-methyl/N-ethyl adjacent to an activating group) is 1. The van der Waals surface area contributed by atoms with Crippen LogP contribution in [0, 0.1) is 0 Å². The van der Waals surface area contributed by atoms with E-state index in [1.165, 1.54) is 0 Å². The maximum absolute atomic E-state index is 12.2. The molecule has 3 aromatic heterocycles. The van der Waals surface area contributed by atoms with Gasteiger partial charge in [0.25, 0.3) is 0 Å². The monoisotopic (exact) mass is 318 g/mol. The van der Waals surface area contributed by atoms with Crippen molar-refractivity contribution in [1.82, 2.24) is 19.9 Å². The van der Waals surface area contributed by atoms with E-state index in [1.807, 2.05) is 22.9 Å². The molecule has 0 fully saturated rings. The molecule has 0 aromatic carbocycles. The van der Waals surface area contributed by atoms with Gasteiger partial charge in [0, 0.05) is 24.8 Å². The quantitative estimate of drug-likeness (QED) is 0.787. The maximum atomic E-state index is 12.2. The van der Waals surface area contributed by atoms with Gasteiger partial charge < -0.3 is 9.88 Å². The van der Waals surface area contributed by atoms with Crippen molar-refractivity contribution in [1.29, 1.82) is 0 Å². The first-order valence-electron chi connectivity index (χ1n) is 6.43. The number of nitrogens with one attached hydrogen (secondary N) is 1. The van der Waals surface area contributed by atoms with E-state index in [9.17, 15) is 4.79 Å². The molecule has 0 radical (unpaired) electrons. The third-order valence-corrected chi connectivity index (χ3v) is 4.91. The van der Waals surface area contributed by atoms with Crippen molar-refractivity contribution in [3.8, 4) is 9.88 Å². The topological polar surface area (TPSA) is 61.9 Å². The predicted molar refractivity (Wildman–Crippen MR) is 84.2 cm³/mol. The van der Waals surface area contributed by atoms with Gasteiger partial charge in [-0.25, -0.2) is 9.97 Å². The number of hydrogen-bond donors (Lipinski definition) is 1. The Labute approximate surface area is 130 Å². The fraction of sp³-hybridized carbons (Fsp3) is 0.214. The lowest BCUT2D eigenvalue weighted by Gasteiger charge is -2.14. The van der Waals surface area contributed by atoms with Gasteiger partial charge in [0.2, 0.25) is 5.91 Å². The van der Waals surface area contributed by atoms with Crippen LogP contribution in [0.3, 0.4) is 0 Å². The molecule has 3 rings (SSSR count). The number of thiazole rings is 1. The van der Waals surface area contributed by atoms with Gasteiger partial charge in [0.15, 0.2) is 0 Å². The fourth-order valence-electron chi connectivity index (χ4n) is 1.89. The predicted octanol–water partition coefficient (Wildman–Crippen LogP) is 2.80. The van der Waals surface area contributed by atoms with Crippen LogP contribution in [-0.4, -0.2) is 32.8 Å². The number of nitrogens with zero attached hydrogens (tertiary/aromatic N) is 3. The van der Waals surface area contributed by atoms with Gasteiger partial charge in [-0.3, -0.25) is 4.79 Å². The van der Waals surface area contributed by atoms with E-state index in [2.05, 4.69) is 15.0 Å². The molecule has 108 valence electrons. The zero-order valence-electron chi connectivity index (χ0n) is 11.4. The summed E-state index contributed by atoms with van der Waals surface area (Å²) in [5.74, 6) is 0.817. The molecule has 7 heteroatoms. The molecule has 1 N–H and O–H groups in total. The molecule has 3 heterocycles. The van der Waals surface area contributed by atoms with E-state index in [0.717, 1.165) is 21.4 Å². The lowest BCUT2D eigenvalue weighted by molar-refractivity contribution is -0.129. The third kappa shape index (κ3) is 3.37. The van der Waals surface area contributed by atoms with Gasteiger partial charge in [-0.1, -0.05) is 6.07 Å². The largest absolute Gasteiger partial charge is 0.347 e. The van der Waals surface area contributed by atoms with Gasteiger partial charge in [0.1, 0.15) is 10.8 Å². The Morgan fingerprint density at radius 2 is 2.33 bits per heavy atom. The molecule has 0 saturated heterocycles. The Hall–Kier alpha value is -1.99. The molecular formula is C14H14N4OS2. The van der Waals surface area contributed by atoms with Crippen molar-refractivity contribution in [3.63, 3.8) is 0 Å². The third-order valence-electron chi connectivity index (χ3n) is 2.98. The van der Waals surface area contributed by atoms with Crippen LogP contribution < -0.4 is 0 Å². The highest BCUT2D eigenvalue weighted by molar-refractivity contribution is 7.20. The Kier molecular flexibility index (Phi) is 4.12. The van der Waals surface area contributed by atoms with E-state index in [1.54, 1.807) is 47.0 Å². The minimum atomic E-state index is 0.0365. The second-order valence-corrected chi connectivity index (χ2v) is 6.39. The van der Waals surface area contributed by atoms with E-state index in [4.69, 9.17) is 0 Å². The number of H-pyrrole nitrogens is 1. The molecule has 0 atom stereocenters. The molecule has 5 nitrogen and oxygen atoms in total. The van der Waals surface area contributed by atoms with Crippen molar-refractivity contribution >= 4 is 28.6 Å². The average Bonchev–Trinajstić information content (AvgIpc) is 3.20. The minimum absolute atomic E-state index is 0.0365. The summed E-state index contributed by atoms with van der Waals surface area (Å²) in [6, 6.07) is 4.04. The normalized spacial score (nSPS) is 10.7. The van der Waals surface area contributed by atoms with Crippen LogP contribution in [0.5, 0.6) is 0 Å². The van der Waals surface area contributed by atoms with Crippen LogP contribution in [0.2, 0.25) is 0 Å². The van der Waals surface area contributed by atoms with Crippen molar-refractivity contribution in [2.45, 2.75) is 13.0 Å². The number of amides is 1. The molecule has 1 amide bonds. The Bertz CT molecular complexity index is 703. The van der Waals surface area contributed by atoms with Crippen molar-refractivity contribution in [2.24, 2.45) is 0 Å². The summed E-state index contributed by atoms with van der Waals surface area (Å²) in [5.41, 5.74) is 0.819. The second-order valence-electron chi connectivity index (χ2n) is 4.58. The first kappa shape index (κ1) is 14.0. The number of imidazole rings is 1. The summed E-state index contributed by atoms with van der Waals surface area (Å²) in [4.78, 5) is 26.6. The lowest BCUT2D eigenvalue weighted by Crippen LogP contribution is -2.28. The summed E-state index contributed by atoms with van der Waals surface area (Å²) in [7, 11) is 1.78. The smallest absolute Gasteiger partial charge is 0.228 e. The fourth-order valence-corrected chi connectivity index (χ4v) is 3.52. The number of aromatic amines is 1. The number of thiophene rings is 1. The Morgan fingerprint density at radius 1 is 1.43 bits per heavy atom. The van der Waals surface area contributed by atoms with Crippen molar-refractivity contribution < 1.29 is 4.79 Å². The number of hydrogen-bond acceptors (Lipinski definition) is 5. The molecule has 0 bridgehead atoms. The Balaban J connectivity index is 1.62. The first-order valence-corrected chi connectivity index (χ1v) is 8.19.